The first-order valence-corrected chi connectivity index (χ1v) is 4.35. The van der Waals surface area contributed by atoms with Gasteiger partial charge in [-0.25, -0.2) is 0 Å². The lowest BCUT2D eigenvalue weighted by atomic mass is 10.3. The van der Waals surface area contributed by atoms with Gasteiger partial charge in [-0.3, -0.25) is 0 Å². The van der Waals surface area contributed by atoms with E-state index in [1.54, 1.807) is 0 Å². The molecule has 0 rings (SSSR count). The van der Waals surface area contributed by atoms with Gasteiger partial charge in [-0.05, 0) is 12.8 Å². The van der Waals surface area contributed by atoms with E-state index in [-0.39, 0.29) is 25.3 Å². The Hall–Kier alpha value is -0.160. The van der Waals surface area contributed by atoms with Crippen LogP contribution in [-0.2, 0) is 0 Å². The van der Waals surface area contributed by atoms with Gasteiger partial charge >= 0.3 is 0 Å². The van der Waals surface area contributed by atoms with Crippen LogP contribution in [0.2, 0.25) is 0 Å². The van der Waals surface area contributed by atoms with Crippen LogP contribution in [0.15, 0.2) is 0 Å². The van der Waals surface area contributed by atoms with Crippen LogP contribution in [0.1, 0.15) is 26.7 Å². The van der Waals surface area contributed by atoms with Crippen LogP contribution >= 0.6 is 0 Å². The average molecular weight is 178 g/mol. The molecule has 0 aliphatic heterocycles. The highest BCUT2D eigenvalue weighted by atomic mass is 16.3. The second-order valence-electron chi connectivity index (χ2n) is 2.70. The molecule has 0 saturated heterocycles. The van der Waals surface area contributed by atoms with Gasteiger partial charge in [-0.1, -0.05) is 13.8 Å². The lowest BCUT2D eigenvalue weighted by Gasteiger charge is -1.98. The van der Waals surface area contributed by atoms with Gasteiger partial charge in [0.1, 0.15) is 0 Å². The summed E-state index contributed by atoms with van der Waals surface area (Å²) in [6.45, 7) is 4.11. The fourth-order valence-electron chi connectivity index (χ4n) is 0.258. The predicted molar refractivity (Wildman–Crippen MR) is 50.7 cm³/mol. The van der Waals surface area contributed by atoms with E-state index in [1.807, 2.05) is 13.8 Å². The normalized spacial score (nSPS) is 14.5. The summed E-state index contributed by atoms with van der Waals surface area (Å²) in [6.07, 6.45) is 1.72. The third-order valence-corrected chi connectivity index (χ3v) is 1.52. The van der Waals surface area contributed by atoms with Crippen LogP contribution in [0.4, 0.5) is 0 Å². The van der Waals surface area contributed by atoms with Gasteiger partial charge in [-0.15, -0.1) is 0 Å². The monoisotopic (exact) mass is 178 g/mol. The smallest absolute Gasteiger partial charge is 0.0582 e. The summed E-state index contributed by atoms with van der Waals surface area (Å²) < 4.78 is 0. The Balaban J connectivity index is 0. The molecule has 76 valence electrons. The molecule has 6 N–H and O–H groups in total. The zero-order chi connectivity index (χ0) is 9.98. The average Bonchev–Trinajstić information content (AvgIpc) is 2.16. The van der Waals surface area contributed by atoms with Gasteiger partial charge < -0.3 is 21.7 Å². The van der Waals surface area contributed by atoms with E-state index >= 15 is 0 Å². The molecule has 0 aliphatic carbocycles. The molecule has 0 fully saturated rings. The molecule has 4 nitrogen and oxygen atoms in total. The zero-order valence-electron chi connectivity index (χ0n) is 8.03. The molecule has 0 aliphatic rings. The lowest BCUT2D eigenvalue weighted by Crippen LogP contribution is -2.22. The van der Waals surface area contributed by atoms with Crippen molar-refractivity contribution in [3.63, 3.8) is 0 Å². The van der Waals surface area contributed by atoms with E-state index in [1.165, 1.54) is 0 Å². The van der Waals surface area contributed by atoms with Crippen molar-refractivity contribution in [2.75, 3.05) is 13.2 Å². The second kappa shape index (κ2) is 10.8. The number of hydrogen-bond acceptors (Lipinski definition) is 4. The molecule has 0 amide bonds. The molecule has 12 heavy (non-hydrogen) atoms. The molecule has 0 saturated carbocycles. The molecule has 0 bridgehead atoms. The summed E-state index contributed by atoms with van der Waals surface area (Å²) >= 11 is 0. The Morgan fingerprint density at radius 3 is 1.17 bits per heavy atom. The maximum Gasteiger partial charge on any atom is 0.0582 e. The van der Waals surface area contributed by atoms with E-state index in [2.05, 4.69) is 0 Å². The third kappa shape index (κ3) is 12.5. The van der Waals surface area contributed by atoms with Crippen LogP contribution in [0.25, 0.3) is 0 Å². The van der Waals surface area contributed by atoms with Gasteiger partial charge in [-0.2, -0.15) is 0 Å². The minimum absolute atomic E-state index is 0.00926. The molecule has 0 unspecified atom stereocenters. The number of aliphatic hydroxyl groups excluding tert-OH is 2. The molecule has 4 heteroatoms. The first kappa shape index (κ1) is 14.4. The summed E-state index contributed by atoms with van der Waals surface area (Å²) in [5.74, 6) is 0. The van der Waals surface area contributed by atoms with E-state index in [4.69, 9.17) is 21.7 Å². The minimum Gasteiger partial charge on any atom is -0.395 e. The van der Waals surface area contributed by atoms with E-state index < -0.39 is 0 Å². The fraction of sp³-hybridized carbons (Fsp3) is 1.00. The number of nitrogens with two attached hydrogens (primary N) is 2. The standard InChI is InChI=1S/2C4H11NO/c2*1-2-4(5)3-6/h2*4,6H,2-3,5H2,1H3/t2*4-/m10/s1. The van der Waals surface area contributed by atoms with Crippen molar-refractivity contribution in [1.82, 2.24) is 0 Å². The first-order valence-electron chi connectivity index (χ1n) is 4.35. The molecule has 2 atom stereocenters. The Labute approximate surface area is 74.6 Å². The van der Waals surface area contributed by atoms with Crippen LogP contribution < -0.4 is 11.5 Å². The third-order valence-electron chi connectivity index (χ3n) is 1.52. The largest absolute Gasteiger partial charge is 0.395 e. The number of rotatable bonds is 4. The molecule has 0 aromatic rings. The molecule has 0 aromatic carbocycles. The van der Waals surface area contributed by atoms with Crippen molar-refractivity contribution in [2.45, 2.75) is 38.8 Å². The van der Waals surface area contributed by atoms with Crippen molar-refractivity contribution in [1.29, 1.82) is 0 Å². The maximum atomic E-state index is 8.21. The summed E-state index contributed by atoms with van der Waals surface area (Å²) in [6, 6.07) is -0.0185. The molecular weight excluding hydrogens is 156 g/mol. The number of hydrogen-bond donors (Lipinski definition) is 4. The molecule has 0 radical (unpaired) electrons. The van der Waals surface area contributed by atoms with Crippen molar-refractivity contribution in [3.05, 3.63) is 0 Å². The van der Waals surface area contributed by atoms with Gasteiger partial charge in [0.25, 0.3) is 0 Å². The van der Waals surface area contributed by atoms with Crippen molar-refractivity contribution >= 4 is 0 Å². The summed E-state index contributed by atoms with van der Waals surface area (Å²) in [5.41, 5.74) is 10.4. The van der Waals surface area contributed by atoms with Crippen molar-refractivity contribution < 1.29 is 10.2 Å². The van der Waals surface area contributed by atoms with Crippen molar-refractivity contribution in [3.8, 4) is 0 Å². The second-order valence-corrected chi connectivity index (χ2v) is 2.70. The predicted octanol–water partition coefficient (Wildman–Crippen LogP) is -0.568. The molecular formula is C8H22N2O2. The van der Waals surface area contributed by atoms with Crippen LogP contribution in [0.5, 0.6) is 0 Å². The topological polar surface area (TPSA) is 92.5 Å². The minimum atomic E-state index is -0.00926. The van der Waals surface area contributed by atoms with Gasteiger partial charge in [0.2, 0.25) is 0 Å². The van der Waals surface area contributed by atoms with Crippen LogP contribution in [0.3, 0.4) is 0 Å². The quantitative estimate of drug-likeness (QED) is 0.464. The van der Waals surface area contributed by atoms with Gasteiger partial charge in [0.05, 0.1) is 13.2 Å². The SMILES string of the molecule is CC[C@@H](N)CO.CC[C@H](N)CO. The number of aliphatic hydroxyl groups is 2. The summed E-state index contributed by atoms with van der Waals surface area (Å²) in [5, 5.41) is 16.4. The zero-order valence-corrected chi connectivity index (χ0v) is 8.03. The maximum absolute atomic E-state index is 8.21. The highest BCUT2D eigenvalue weighted by molar-refractivity contribution is 4.52. The van der Waals surface area contributed by atoms with Crippen LogP contribution in [0, 0.1) is 0 Å². The Morgan fingerprint density at radius 2 is 1.17 bits per heavy atom. The van der Waals surface area contributed by atoms with E-state index in [9.17, 15) is 0 Å². The van der Waals surface area contributed by atoms with Crippen LogP contribution in [-0.4, -0.2) is 35.5 Å². The van der Waals surface area contributed by atoms with E-state index in [0.717, 1.165) is 12.8 Å². The van der Waals surface area contributed by atoms with Gasteiger partial charge in [0.15, 0.2) is 0 Å². The fourth-order valence-corrected chi connectivity index (χ4v) is 0.258. The molecule has 0 heterocycles. The Kier molecular flexibility index (Phi) is 13.0. The molecule has 0 spiro atoms. The van der Waals surface area contributed by atoms with Gasteiger partial charge in [0, 0.05) is 12.1 Å². The highest BCUT2D eigenvalue weighted by Gasteiger charge is 1.90. The first-order chi connectivity index (χ1) is 5.62. The summed E-state index contributed by atoms with van der Waals surface area (Å²) in [7, 11) is 0. The Bertz CT molecular complexity index is 63.5. The van der Waals surface area contributed by atoms with E-state index in [0.29, 0.717) is 0 Å². The molecule has 0 aromatic heterocycles. The lowest BCUT2D eigenvalue weighted by molar-refractivity contribution is 0.263. The Morgan fingerprint density at radius 1 is 0.917 bits per heavy atom. The summed E-state index contributed by atoms with van der Waals surface area (Å²) in [4.78, 5) is 0. The highest BCUT2D eigenvalue weighted by Crippen LogP contribution is 1.79. The van der Waals surface area contributed by atoms with Crippen molar-refractivity contribution in [2.24, 2.45) is 11.5 Å².